The van der Waals surface area contributed by atoms with Gasteiger partial charge in [-0.3, -0.25) is 9.48 Å². The lowest BCUT2D eigenvalue weighted by Crippen LogP contribution is -2.43. The summed E-state index contributed by atoms with van der Waals surface area (Å²) in [6.07, 6.45) is 5.46. The number of rotatable bonds is 6. The van der Waals surface area contributed by atoms with Gasteiger partial charge in [-0.05, 0) is 30.5 Å². The van der Waals surface area contributed by atoms with Crippen LogP contribution in [-0.4, -0.2) is 39.8 Å². The van der Waals surface area contributed by atoms with E-state index in [1.807, 2.05) is 46.1 Å². The first-order valence-electron chi connectivity index (χ1n) is 11.2. The number of aromatic nitrogens is 3. The first-order valence-corrected chi connectivity index (χ1v) is 12.1. The van der Waals surface area contributed by atoms with Gasteiger partial charge in [-0.25, -0.2) is 9.37 Å². The molecule has 34 heavy (non-hydrogen) atoms. The van der Waals surface area contributed by atoms with E-state index < -0.39 is 0 Å². The standard InChI is InChI=1S/C25H25FN6OS/c26-20-9-4-10-21(23(20)31-11-5-8-19(27)15-31)29-24(33)22-16-34-25(30-22)18-12-28-32(14-18)13-17-6-2-1-3-7-17/h1-4,6-7,9-10,12,14,16,19H,5,8,11,13,15,27H2,(H,29,33)/t19-/m1/s1. The number of carbonyl (C=O) groups is 1. The number of piperidine rings is 1. The second kappa shape index (κ2) is 9.74. The molecular formula is C25H25FN6OS. The molecule has 1 aliphatic heterocycles. The zero-order valence-electron chi connectivity index (χ0n) is 18.5. The van der Waals surface area contributed by atoms with Gasteiger partial charge in [0.2, 0.25) is 0 Å². The van der Waals surface area contributed by atoms with E-state index in [1.54, 1.807) is 23.7 Å². The van der Waals surface area contributed by atoms with Crippen LogP contribution in [0.5, 0.6) is 0 Å². The van der Waals surface area contributed by atoms with Crippen LogP contribution in [0, 0.1) is 5.82 Å². The van der Waals surface area contributed by atoms with E-state index in [0.29, 0.717) is 36.0 Å². The molecule has 2 aromatic heterocycles. The van der Waals surface area contributed by atoms with Gasteiger partial charge in [0.15, 0.2) is 0 Å². The van der Waals surface area contributed by atoms with Crippen LogP contribution in [0.2, 0.25) is 0 Å². The molecule has 5 rings (SSSR count). The second-order valence-corrected chi connectivity index (χ2v) is 9.25. The van der Waals surface area contributed by atoms with Gasteiger partial charge in [0.25, 0.3) is 5.91 Å². The smallest absolute Gasteiger partial charge is 0.275 e. The number of halogens is 1. The van der Waals surface area contributed by atoms with E-state index in [2.05, 4.69) is 15.4 Å². The van der Waals surface area contributed by atoms with Crippen molar-refractivity contribution >= 4 is 28.6 Å². The monoisotopic (exact) mass is 476 g/mol. The number of nitrogens with one attached hydrogen (secondary N) is 1. The molecule has 0 bridgehead atoms. The lowest BCUT2D eigenvalue weighted by atomic mass is 10.1. The summed E-state index contributed by atoms with van der Waals surface area (Å²) < 4.78 is 16.6. The molecule has 0 unspecified atom stereocenters. The molecule has 0 spiro atoms. The van der Waals surface area contributed by atoms with Crippen LogP contribution in [-0.2, 0) is 6.54 Å². The first kappa shape index (κ1) is 22.2. The lowest BCUT2D eigenvalue weighted by Gasteiger charge is -2.34. The zero-order valence-corrected chi connectivity index (χ0v) is 19.3. The number of carbonyl (C=O) groups excluding carboxylic acids is 1. The average molecular weight is 477 g/mol. The summed E-state index contributed by atoms with van der Waals surface area (Å²) >= 11 is 1.37. The fraction of sp³-hybridized carbons (Fsp3) is 0.240. The topological polar surface area (TPSA) is 89.1 Å². The van der Waals surface area contributed by atoms with Gasteiger partial charge in [0.05, 0.1) is 24.1 Å². The molecule has 0 aliphatic carbocycles. The number of anilines is 2. The summed E-state index contributed by atoms with van der Waals surface area (Å²) in [5.41, 5.74) is 9.16. The third kappa shape index (κ3) is 4.85. The van der Waals surface area contributed by atoms with Crippen LogP contribution in [0.3, 0.4) is 0 Å². The van der Waals surface area contributed by atoms with Crippen molar-refractivity contribution in [2.24, 2.45) is 5.73 Å². The molecular weight excluding hydrogens is 451 g/mol. The Hall–Kier alpha value is -3.56. The van der Waals surface area contributed by atoms with Crippen LogP contribution in [0.25, 0.3) is 10.6 Å². The first-order chi connectivity index (χ1) is 16.6. The number of nitrogens with zero attached hydrogens (tertiary/aromatic N) is 4. The minimum atomic E-state index is -0.382. The third-order valence-corrected chi connectivity index (χ3v) is 6.70. The van der Waals surface area contributed by atoms with Gasteiger partial charge in [0.1, 0.15) is 16.5 Å². The molecule has 3 heterocycles. The van der Waals surface area contributed by atoms with Gasteiger partial charge in [0, 0.05) is 36.3 Å². The Morgan fingerprint density at radius 3 is 2.88 bits per heavy atom. The second-order valence-electron chi connectivity index (χ2n) is 8.39. The van der Waals surface area contributed by atoms with Crippen LogP contribution in [0.4, 0.5) is 15.8 Å². The largest absolute Gasteiger partial charge is 0.366 e. The minimum absolute atomic E-state index is 0.0131. The molecule has 9 heteroatoms. The Morgan fingerprint density at radius 2 is 2.06 bits per heavy atom. The Morgan fingerprint density at radius 1 is 1.21 bits per heavy atom. The third-order valence-electron chi connectivity index (χ3n) is 5.81. The predicted molar refractivity (Wildman–Crippen MR) is 133 cm³/mol. The molecule has 4 aromatic rings. The highest BCUT2D eigenvalue weighted by Crippen LogP contribution is 2.32. The van der Waals surface area contributed by atoms with Crippen LogP contribution >= 0.6 is 11.3 Å². The molecule has 1 atom stereocenters. The van der Waals surface area contributed by atoms with Crippen LogP contribution in [0.15, 0.2) is 66.3 Å². The van der Waals surface area contributed by atoms with Crippen LogP contribution < -0.4 is 16.0 Å². The van der Waals surface area contributed by atoms with E-state index in [4.69, 9.17) is 5.73 Å². The summed E-state index contributed by atoms with van der Waals surface area (Å²) in [5.74, 6) is -0.760. The van der Waals surface area contributed by atoms with Gasteiger partial charge >= 0.3 is 0 Å². The Balaban J connectivity index is 1.31. The van der Waals surface area contributed by atoms with E-state index in [-0.39, 0.29) is 23.5 Å². The van der Waals surface area contributed by atoms with Crippen molar-refractivity contribution in [1.29, 1.82) is 0 Å². The lowest BCUT2D eigenvalue weighted by molar-refractivity contribution is 0.102. The summed E-state index contributed by atoms with van der Waals surface area (Å²) in [5, 5.41) is 9.66. The van der Waals surface area contributed by atoms with Crippen molar-refractivity contribution in [3.8, 4) is 10.6 Å². The highest BCUT2D eigenvalue weighted by molar-refractivity contribution is 7.13. The predicted octanol–water partition coefficient (Wildman–Crippen LogP) is 4.37. The zero-order chi connectivity index (χ0) is 23.5. The summed E-state index contributed by atoms with van der Waals surface area (Å²) in [6.45, 7) is 1.91. The van der Waals surface area contributed by atoms with Gasteiger partial charge in [-0.15, -0.1) is 11.3 Å². The Kier molecular flexibility index (Phi) is 6.37. The van der Waals surface area contributed by atoms with E-state index >= 15 is 0 Å². The number of benzene rings is 2. The number of hydrogen-bond acceptors (Lipinski definition) is 6. The summed E-state index contributed by atoms with van der Waals surface area (Å²) in [6, 6.07) is 14.7. The fourth-order valence-electron chi connectivity index (χ4n) is 4.18. The van der Waals surface area contributed by atoms with E-state index in [1.165, 1.54) is 17.4 Å². The van der Waals surface area contributed by atoms with Crippen molar-refractivity contribution < 1.29 is 9.18 Å². The molecule has 1 amide bonds. The molecule has 7 nitrogen and oxygen atoms in total. The quantitative estimate of drug-likeness (QED) is 0.431. The average Bonchev–Trinajstić information content (AvgIpc) is 3.50. The SMILES string of the molecule is N[C@@H]1CCCN(c2c(F)cccc2NC(=O)c2csc(-c3cnn(Cc4ccccc4)c3)n2)C1. The van der Waals surface area contributed by atoms with Gasteiger partial charge in [-0.2, -0.15) is 5.10 Å². The number of para-hydroxylation sites is 1. The van der Waals surface area contributed by atoms with Crippen LogP contribution in [0.1, 0.15) is 28.9 Å². The van der Waals surface area contributed by atoms with E-state index in [9.17, 15) is 9.18 Å². The number of amides is 1. The summed E-state index contributed by atoms with van der Waals surface area (Å²) in [7, 11) is 0. The molecule has 0 radical (unpaired) electrons. The number of hydrogen-bond donors (Lipinski definition) is 2. The maximum atomic E-state index is 14.7. The van der Waals surface area contributed by atoms with Crippen molar-refractivity contribution in [1.82, 2.24) is 14.8 Å². The number of nitrogens with two attached hydrogens (primary N) is 1. The molecule has 3 N–H and O–H groups in total. The molecule has 1 fully saturated rings. The Bertz CT molecular complexity index is 1290. The molecule has 1 aliphatic rings. The summed E-state index contributed by atoms with van der Waals surface area (Å²) in [4.78, 5) is 19.4. The molecule has 1 saturated heterocycles. The highest BCUT2D eigenvalue weighted by atomic mass is 32.1. The van der Waals surface area contributed by atoms with Crippen molar-refractivity contribution in [3.05, 3.63) is 83.4 Å². The molecule has 0 saturated carbocycles. The van der Waals surface area contributed by atoms with Gasteiger partial charge < -0.3 is 16.0 Å². The van der Waals surface area contributed by atoms with Crippen molar-refractivity contribution in [2.75, 3.05) is 23.3 Å². The molecule has 2 aromatic carbocycles. The van der Waals surface area contributed by atoms with E-state index in [0.717, 1.165) is 24.0 Å². The van der Waals surface area contributed by atoms with Gasteiger partial charge in [-0.1, -0.05) is 36.4 Å². The Labute approximate surface area is 201 Å². The number of thiazole rings is 1. The minimum Gasteiger partial charge on any atom is -0.366 e. The highest BCUT2D eigenvalue weighted by Gasteiger charge is 2.23. The fourth-order valence-corrected chi connectivity index (χ4v) is 4.95. The van der Waals surface area contributed by atoms with Crippen molar-refractivity contribution in [3.63, 3.8) is 0 Å². The van der Waals surface area contributed by atoms with Crippen molar-refractivity contribution in [2.45, 2.75) is 25.4 Å². The maximum absolute atomic E-state index is 14.7. The normalized spacial score (nSPS) is 15.9. The maximum Gasteiger partial charge on any atom is 0.275 e. The molecule has 174 valence electrons.